The van der Waals surface area contributed by atoms with Gasteiger partial charge < -0.3 is 0 Å². The van der Waals surface area contributed by atoms with Gasteiger partial charge in [0, 0.05) is 0 Å². The first-order valence-corrected chi connectivity index (χ1v) is 5.77. The highest BCUT2D eigenvalue weighted by atomic mass is 14.3. The highest BCUT2D eigenvalue weighted by molar-refractivity contribution is 5.45. The van der Waals surface area contributed by atoms with Crippen LogP contribution in [-0.4, -0.2) is 0 Å². The average molecular weight is 196 g/mol. The van der Waals surface area contributed by atoms with E-state index in [1.807, 2.05) is 0 Å². The van der Waals surface area contributed by atoms with Crippen LogP contribution in [0.15, 0.2) is 35.9 Å². The molecule has 0 radical (unpaired) electrons. The maximum Gasteiger partial charge on any atom is -0.0121 e. The second kappa shape index (κ2) is 3.37. The van der Waals surface area contributed by atoms with Crippen LogP contribution in [0.2, 0.25) is 0 Å². The van der Waals surface area contributed by atoms with Gasteiger partial charge in [0.1, 0.15) is 0 Å². The Labute approximate surface area is 90.6 Å². The molecule has 0 heterocycles. The van der Waals surface area contributed by atoms with Gasteiger partial charge >= 0.3 is 0 Å². The number of hydrogen-bond acceptors (Lipinski definition) is 0. The number of allylic oxidation sites excluding steroid dienone is 2. The normalized spacial score (nSPS) is 27.9. The standard InChI is InChI=1S/C15H16/c1-11-6-7-14-9-12-4-2-3-5-13(12)10-15(14)8-11/h2-6,9-10,14-15H,7-8H2,1H3. The number of rotatable bonds is 0. The molecule has 0 aliphatic heterocycles. The molecule has 0 amide bonds. The first-order valence-electron chi connectivity index (χ1n) is 5.77. The summed E-state index contributed by atoms with van der Waals surface area (Å²) in [5.74, 6) is 1.48. The van der Waals surface area contributed by atoms with E-state index in [1.54, 1.807) is 5.57 Å². The highest BCUT2D eigenvalue weighted by Crippen LogP contribution is 2.32. The minimum absolute atomic E-state index is 0.739. The molecule has 0 saturated heterocycles. The van der Waals surface area contributed by atoms with E-state index in [9.17, 15) is 0 Å². The van der Waals surface area contributed by atoms with Crippen LogP contribution in [0.1, 0.15) is 19.8 Å². The summed E-state index contributed by atoms with van der Waals surface area (Å²) in [7, 11) is 0. The zero-order chi connectivity index (χ0) is 10.3. The smallest absolute Gasteiger partial charge is 0.0121 e. The van der Waals surface area contributed by atoms with E-state index in [0.717, 1.165) is 11.8 Å². The van der Waals surface area contributed by atoms with Crippen molar-refractivity contribution >= 4 is 12.2 Å². The summed E-state index contributed by atoms with van der Waals surface area (Å²) >= 11 is 0. The molecule has 2 atom stereocenters. The molecule has 0 aromatic heterocycles. The van der Waals surface area contributed by atoms with Crippen molar-refractivity contribution in [2.45, 2.75) is 19.8 Å². The van der Waals surface area contributed by atoms with Crippen LogP contribution in [0.3, 0.4) is 0 Å². The molecule has 2 aliphatic rings. The minimum Gasteiger partial charge on any atom is -0.0850 e. The molecule has 0 bridgehead atoms. The van der Waals surface area contributed by atoms with E-state index in [0.29, 0.717) is 0 Å². The summed E-state index contributed by atoms with van der Waals surface area (Å²) in [6.45, 7) is 2.25. The van der Waals surface area contributed by atoms with E-state index in [2.05, 4.69) is 49.4 Å². The van der Waals surface area contributed by atoms with Gasteiger partial charge in [0.15, 0.2) is 0 Å². The molecule has 0 fully saturated rings. The van der Waals surface area contributed by atoms with E-state index in [1.165, 1.54) is 23.3 Å². The third-order valence-electron chi connectivity index (χ3n) is 3.63. The summed E-state index contributed by atoms with van der Waals surface area (Å²) in [5.41, 5.74) is 1.56. The van der Waals surface area contributed by atoms with Crippen molar-refractivity contribution in [1.82, 2.24) is 0 Å². The average Bonchev–Trinajstić information content (AvgIpc) is 2.26. The van der Waals surface area contributed by atoms with Crippen LogP contribution in [0.5, 0.6) is 0 Å². The van der Waals surface area contributed by atoms with Gasteiger partial charge in [-0.15, -0.1) is 0 Å². The molecule has 3 rings (SSSR count). The fourth-order valence-electron chi connectivity index (χ4n) is 2.77. The molecular weight excluding hydrogens is 180 g/mol. The van der Waals surface area contributed by atoms with E-state index in [-0.39, 0.29) is 0 Å². The van der Waals surface area contributed by atoms with Crippen LogP contribution < -0.4 is 10.4 Å². The lowest BCUT2D eigenvalue weighted by molar-refractivity contribution is 0.492. The van der Waals surface area contributed by atoms with Gasteiger partial charge in [-0.25, -0.2) is 0 Å². The molecule has 0 saturated carbocycles. The van der Waals surface area contributed by atoms with Crippen LogP contribution in [0.4, 0.5) is 0 Å². The first-order chi connectivity index (χ1) is 7.33. The van der Waals surface area contributed by atoms with Gasteiger partial charge in [-0.3, -0.25) is 0 Å². The lowest BCUT2D eigenvalue weighted by atomic mass is 9.77. The van der Waals surface area contributed by atoms with Gasteiger partial charge in [-0.05, 0) is 42.0 Å². The fraction of sp³-hybridized carbons (Fsp3) is 0.333. The molecule has 1 aromatic rings. The Bertz CT molecular complexity index is 519. The third-order valence-corrected chi connectivity index (χ3v) is 3.63. The number of benzene rings is 1. The Morgan fingerprint density at radius 1 is 1.00 bits per heavy atom. The zero-order valence-corrected chi connectivity index (χ0v) is 9.11. The second-order valence-corrected chi connectivity index (χ2v) is 4.78. The lowest BCUT2D eigenvalue weighted by Gasteiger charge is -2.28. The monoisotopic (exact) mass is 196 g/mol. The van der Waals surface area contributed by atoms with E-state index in [4.69, 9.17) is 0 Å². The fourth-order valence-corrected chi connectivity index (χ4v) is 2.77. The van der Waals surface area contributed by atoms with Crippen molar-refractivity contribution < 1.29 is 0 Å². The summed E-state index contributed by atoms with van der Waals surface area (Å²) in [5, 5.41) is 2.85. The Balaban J connectivity index is 2.12. The maximum atomic E-state index is 2.47. The number of hydrogen-bond donors (Lipinski definition) is 0. The van der Waals surface area contributed by atoms with Crippen LogP contribution >= 0.6 is 0 Å². The highest BCUT2D eigenvalue weighted by Gasteiger charge is 2.22. The van der Waals surface area contributed by atoms with E-state index >= 15 is 0 Å². The molecule has 2 unspecified atom stereocenters. The first kappa shape index (κ1) is 8.96. The van der Waals surface area contributed by atoms with Crippen molar-refractivity contribution in [2.24, 2.45) is 11.8 Å². The minimum atomic E-state index is 0.739. The van der Waals surface area contributed by atoms with Gasteiger partial charge in [-0.2, -0.15) is 0 Å². The predicted molar refractivity (Wildman–Crippen MR) is 64.6 cm³/mol. The number of fused-ring (bicyclic) bond motifs is 2. The van der Waals surface area contributed by atoms with E-state index < -0.39 is 0 Å². The van der Waals surface area contributed by atoms with Gasteiger partial charge in [0.2, 0.25) is 0 Å². The maximum absolute atomic E-state index is 2.47. The molecule has 0 heteroatoms. The Kier molecular flexibility index (Phi) is 2.02. The molecule has 0 spiro atoms. The Hall–Kier alpha value is -1.30. The lowest BCUT2D eigenvalue weighted by Crippen LogP contribution is -2.33. The topological polar surface area (TPSA) is 0 Å². The summed E-state index contributed by atoms with van der Waals surface area (Å²) in [6.07, 6.45) is 9.80. The summed E-state index contributed by atoms with van der Waals surface area (Å²) < 4.78 is 0. The van der Waals surface area contributed by atoms with Gasteiger partial charge in [-0.1, -0.05) is 48.1 Å². The SMILES string of the molecule is CC1=CCC2C=c3ccccc3=CC2C1. The quantitative estimate of drug-likeness (QED) is 0.558. The van der Waals surface area contributed by atoms with Crippen molar-refractivity contribution in [3.8, 4) is 0 Å². The molecule has 15 heavy (non-hydrogen) atoms. The van der Waals surface area contributed by atoms with Crippen LogP contribution in [-0.2, 0) is 0 Å². The Morgan fingerprint density at radius 2 is 1.67 bits per heavy atom. The predicted octanol–water partition coefficient (Wildman–Crippen LogP) is 2.23. The largest absolute Gasteiger partial charge is 0.0850 e. The van der Waals surface area contributed by atoms with Crippen molar-refractivity contribution in [2.75, 3.05) is 0 Å². The van der Waals surface area contributed by atoms with Crippen molar-refractivity contribution in [3.05, 3.63) is 46.4 Å². The third kappa shape index (κ3) is 1.54. The molecular formula is C15H16. The molecule has 0 nitrogen and oxygen atoms in total. The van der Waals surface area contributed by atoms with Crippen molar-refractivity contribution in [1.29, 1.82) is 0 Å². The molecule has 76 valence electrons. The zero-order valence-electron chi connectivity index (χ0n) is 9.11. The van der Waals surface area contributed by atoms with Crippen LogP contribution in [0.25, 0.3) is 12.2 Å². The van der Waals surface area contributed by atoms with Gasteiger partial charge in [0.25, 0.3) is 0 Å². The molecule has 1 aromatic carbocycles. The van der Waals surface area contributed by atoms with Crippen molar-refractivity contribution in [3.63, 3.8) is 0 Å². The molecule has 0 N–H and O–H groups in total. The summed E-state index contributed by atoms with van der Waals surface area (Å²) in [4.78, 5) is 0. The second-order valence-electron chi connectivity index (χ2n) is 4.78. The summed E-state index contributed by atoms with van der Waals surface area (Å²) in [6, 6.07) is 8.73. The van der Waals surface area contributed by atoms with Crippen LogP contribution in [0, 0.1) is 11.8 Å². The van der Waals surface area contributed by atoms with Gasteiger partial charge in [0.05, 0.1) is 0 Å². The molecule has 2 aliphatic carbocycles. The Morgan fingerprint density at radius 3 is 2.40 bits per heavy atom.